The fourth-order valence-electron chi connectivity index (χ4n) is 5.22. The molecule has 6 rings (SSSR count). The van der Waals surface area contributed by atoms with Gasteiger partial charge >= 0.3 is 0 Å². The van der Waals surface area contributed by atoms with Crippen LogP contribution < -0.4 is 15.1 Å². The van der Waals surface area contributed by atoms with Crippen molar-refractivity contribution < 1.29 is 9.53 Å². The second-order valence-corrected chi connectivity index (χ2v) is 10.1. The van der Waals surface area contributed by atoms with E-state index in [0.29, 0.717) is 35.2 Å². The van der Waals surface area contributed by atoms with Crippen molar-refractivity contribution in [3.05, 3.63) is 41.9 Å². The zero-order valence-electron chi connectivity index (χ0n) is 21.9. The van der Waals surface area contributed by atoms with E-state index in [9.17, 15) is 4.79 Å². The van der Waals surface area contributed by atoms with Crippen LogP contribution in [0.2, 0.25) is 0 Å². The molecule has 2 N–H and O–H groups in total. The molecule has 0 spiro atoms. The highest BCUT2D eigenvalue weighted by Crippen LogP contribution is 2.37. The highest BCUT2D eigenvalue weighted by molar-refractivity contribution is 6.07. The Kier molecular flexibility index (Phi) is 5.60. The molecule has 5 heterocycles. The predicted molar refractivity (Wildman–Crippen MR) is 142 cm³/mol. The Balaban J connectivity index is 1.31. The molecule has 0 unspecified atom stereocenters. The van der Waals surface area contributed by atoms with Gasteiger partial charge in [0.2, 0.25) is 5.95 Å². The van der Waals surface area contributed by atoms with Crippen LogP contribution in [0, 0.1) is 0 Å². The number of tetrazole rings is 1. The Labute approximate surface area is 218 Å². The molecule has 196 valence electrons. The van der Waals surface area contributed by atoms with Crippen molar-refractivity contribution in [1.82, 2.24) is 40.4 Å². The van der Waals surface area contributed by atoms with Gasteiger partial charge < -0.3 is 19.9 Å². The van der Waals surface area contributed by atoms with E-state index in [1.165, 1.54) is 0 Å². The van der Waals surface area contributed by atoms with Gasteiger partial charge in [-0.25, -0.2) is 14.6 Å². The normalized spacial score (nSPS) is 19.1. The Morgan fingerprint density at radius 1 is 1.24 bits per heavy atom. The van der Waals surface area contributed by atoms with Gasteiger partial charge in [-0.05, 0) is 56.3 Å². The summed E-state index contributed by atoms with van der Waals surface area (Å²) in [4.78, 5) is 26.6. The summed E-state index contributed by atoms with van der Waals surface area (Å²) in [6.07, 6.45) is 1.70. The standard InChI is InChI=1S/C25H29N11O2/c1-14-12-35(8-9-38-14)20-11-19(26-13-27-20)22-17-10-16(6-7-18(17)29-30-22)28-23(37)21-15(2)34(5)24-31-32-33-36(24)25(21,3)4/h6-7,10-11,13-14H,8-9,12H2,1-5H3,(H,28,37)(H,29,30)/t14-/m1/s1. The molecule has 3 aromatic heterocycles. The summed E-state index contributed by atoms with van der Waals surface area (Å²) >= 11 is 0. The van der Waals surface area contributed by atoms with Gasteiger partial charge in [-0.3, -0.25) is 9.89 Å². The highest BCUT2D eigenvalue weighted by atomic mass is 16.5. The second-order valence-electron chi connectivity index (χ2n) is 10.1. The van der Waals surface area contributed by atoms with Crippen LogP contribution in [0.15, 0.2) is 41.9 Å². The number of anilines is 3. The van der Waals surface area contributed by atoms with Gasteiger partial charge in [0.05, 0.1) is 35.0 Å². The number of allylic oxidation sites excluding steroid dienone is 1. The number of nitrogens with one attached hydrogen (secondary N) is 2. The summed E-state index contributed by atoms with van der Waals surface area (Å²) in [6.45, 7) is 10.00. The number of rotatable bonds is 4. The molecule has 0 aliphatic carbocycles. The second kappa shape index (κ2) is 8.87. The molecule has 0 bridgehead atoms. The van der Waals surface area contributed by atoms with Gasteiger partial charge in [0, 0.05) is 43.0 Å². The van der Waals surface area contributed by atoms with Gasteiger partial charge in [0.1, 0.15) is 17.8 Å². The molecule has 38 heavy (non-hydrogen) atoms. The van der Waals surface area contributed by atoms with E-state index in [-0.39, 0.29) is 12.0 Å². The fourth-order valence-corrected chi connectivity index (χ4v) is 5.22. The van der Waals surface area contributed by atoms with Crippen molar-refractivity contribution in [2.75, 3.05) is 41.9 Å². The number of benzene rings is 1. The van der Waals surface area contributed by atoms with Crippen molar-refractivity contribution in [3.63, 3.8) is 0 Å². The minimum absolute atomic E-state index is 0.139. The zero-order valence-corrected chi connectivity index (χ0v) is 21.9. The Morgan fingerprint density at radius 2 is 2.08 bits per heavy atom. The number of amides is 1. The van der Waals surface area contributed by atoms with Gasteiger partial charge in [0.15, 0.2) is 0 Å². The van der Waals surface area contributed by atoms with E-state index in [0.717, 1.165) is 35.5 Å². The number of fused-ring (bicyclic) bond motifs is 2. The van der Waals surface area contributed by atoms with Gasteiger partial charge in [0.25, 0.3) is 5.91 Å². The molecule has 1 amide bonds. The lowest BCUT2D eigenvalue weighted by molar-refractivity contribution is -0.113. The van der Waals surface area contributed by atoms with Crippen LogP contribution in [0.25, 0.3) is 22.3 Å². The van der Waals surface area contributed by atoms with Crippen LogP contribution in [0.3, 0.4) is 0 Å². The number of hydrogen-bond donors (Lipinski definition) is 2. The molecule has 1 aromatic carbocycles. The van der Waals surface area contributed by atoms with E-state index in [4.69, 9.17) is 4.74 Å². The van der Waals surface area contributed by atoms with E-state index in [1.807, 2.05) is 57.0 Å². The first-order valence-electron chi connectivity index (χ1n) is 12.5. The Morgan fingerprint density at radius 3 is 2.89 bits per heavy atom. The molecular weight excluding hydrogens is 486 g/mol. The fraction of sp³-hybridized carbons (Fsp3) is 0.400. The molecule has 4 aromatic rings. The zero-order chi connectivity index (χ0) is 26.6. The van der Waals surface area contributed by atoms with E-state index in [2.05, 4.69) is 52.8 Å². The lowest BCUT2D eigenvalue weighted by Gasteiger charge is -2.37. The maximum atomic E-state index is 13.6. The van der Waals surface area contributed by atoms with Gasteiger partial charge in [-0.15, -0.1) is 0 Å². The number of carbonyl (C=O) groups is 1. The number of hydrogen-bond acceptors (Lipinski definition) is 10. The number of H-pyrrole nitrogens is 1. The number of nitrogens with zero attached hydrogens (tertiary/aromatic N) is 9. The lowest BCUT2D eigenvalue weighted by atomic mass is 9.89. The molecule has 1 fully saturated rings. The summed E-state index contributed by atoms with van der Waals surface area (Å²) in [5.41, 5.74) is 3.49. The van der Waals surface area contributed by atoms with Crippen molar-refractivity contribution >= 4 is 34.3 Å². The molecule has 2 aliphatic rings. The molecule has 2 aliphatic heterocycles. The quantitative estimate of drug-likeness (QED) is 0.416. The number of aromatic amines is 1. The van der Waals surface area contributed by atoms with E-state index >= 15 is 0 Å². The highest BCUT2D eigenvalue weighted by Gasteiger charge is 2.41. The average molecular weight is 516 g/mol. The number of aromatic nitrogens is 8. The number of carbonyl (C=O) groups excluding carboxylic acids is 1. The Bertz CT molecular complexity index is 1570. The predicted octanol–water partition coefficient (Wildman–Crippen LogP) is 2.33. The topological polar surface area (TPSA) is 143 Å². The minimum atomic E-state index is -0.737. The van der Waals surface area contributed by atoms with Crippen molar-refractivity contribution in [3.8, 4) is 11.4 Å². The molecule has 13 heteroatoms. The average Bonchev–Trinajstić information content (AvgIpc) is 3.56. The van der Waals surface area contributed by atoms with E-state index in [1.54, 1.807) is 11.0 Å². The van der Waals surface area contributed by atoms with Crippen molar-refractivity contribution in [2.24, 2.45) is 0 Å². The molecule has 0 saturated carbocycles. The maximum absolute atomic E-state index is 13.6. The number of ether oxygens (including phenoxy) is 1. The summed E-state index contributed by atoms with van der Waals surface area (Å²) in [7, 11) is 1.84. The molecule has 13 nitrogen and oxygen atoms in total. The molecule has 1 atom stereocenters. The summed E-state index contributed by atoms with van der Waals surface area (Å²) in [5, 5.41) is 23.5. The summed E-state index contributed by atoms with van der Waals surface area (Å²) < 4.78 is 7.32. The van der Waals surface area contributed by atoms with Crippen LogP contribution in [0.1, 0.15) is 27.7 Å². The third-order valence-electron chi connectivity index (χ3n) is 7.27. The van der Waals surface area contributed by atoms with Gasteiger partial charge in [-0.2, -0.15) is 5.10 Å². The largest absolute Gasteiger partial charge is 0.375 e. The van der Waals surface area contributed by atoms with Gasteiger partial charge in [-0.1, -0.05) is 5.10 Å². The van der Waals surface area contributed by atoms with Crippen LogP contribution in [-0.4, -0.2) is 79.1 Å². The summed E-state index contributed by atoms with van der Waals surface area (Å²) in [6, 6.07) is 7.59. The van der Waals surface area contributed by atoms with Crippen LogP contribution in [-0.2, 0) is 15.1 Å². The van der Waals surface area contributed by atoms with Crippen LogP contribution >= 0.6 is 0 Å². The molecule has 0 radical (unpaired) electrons. The third-order valence-corrected chi connectivity index (χ3v) is 7.27. The maximum Gasteiger partial charge on any atom is 0.255 e. The monoisotopic (exact) mass is 515 g/mol. The third kappa shape index (κ3) is 3.86. The first-order valence-corrected chi connectivity index (χ1v) is 12.5. The number of morpholine rings is 1. The van der Waals surface area contributed by atoms with Crippen molar-refractivity contribution in [2.45, 2.75) is 39.3 Å². The van der Waals surface area contributed by atoms with Crippen molar-refractivity contribution in [1.29, 1.82) is 0 Å². The SMILES string of the molecule is CC1=C(C(=O)Nc2ccc3[nH]nc(-c4cc(N5CCO[C@H](C)C5)ncn4)c3c2)C(C)(C)n2nnnc2N1C. The van der Waals surface area contributed by atoms with Crippen LogP contribution in [0.4, 0.5) is 17.5 Å². The molecular formula is C25H29N11O2. The van der Waals surface area contributed by atoms with Crippen LogP contribution in [0.5, 0.6) is 0 Å². The first-order chi connectivity index (χ1) is 18.2. The molecule has 1 saturated heterocycles. The van der Waals surface area contributed by atoms with E-state index < -0.39 is 5.54 Å². The lowest BCUT2D eigenvalue weighted by Crippen LogP contribution is -2.44. The Hall–Kier alpha value is -4.39. The smallest absolute Gasteiger partial charge is 0.255 e. The minimum Gasteiger partial charge on any atom is -0.375 e. The summed E-state index contributed by atoms with van der Waals surface area (Å²) in [5.74, 6) is 1.19. The first kappa shape index (κ1) is 24.0.